The summed E-state index contributed by atoms with van der Waals surface area (Å²) in [6.07, 6.45) is 4.45. The fraction of sp³-hybridized carbons (Fsp3) is 0.818. The lowest BCUT2D eigenvalue weighted by Gasteiger charge is -2.18. The zero-order valence-corrected chi connectivity index (χ0v) is 8.91. The molecule has 82 valence electrons. The minimum atomic E-state index is -0.0447. The van der Waals surface area contributed by atoms with Gasteiger partial charge in [0.2, 0.25) is 5.91 Å². The smallest absolute Gasteiger partial charge is 0.234 e. The number of hydrogen-bond acceptors (Lipinski definition) is 3. The van der Waals surface area contributed by atoms with Crippen molar-refractivity contribution in [1.82, 2.24) is 10.2 Å². The Bertz CT molecular complexity index is 280. The van der Waals surface area contributed by atoms with Gasteiger partial charge < -0.3 is 5.32 Å². The SMILES string of the molecule is N#CC1CCCN1CC(=O)NCC1CC1. The summed E-state index contributed by atoms with van der Waals surface area (Å²) in [5.41, 5.74) is 0. The van der Waals surface area contributed by atoms with Gasteiger partial charge in [0.25, 0.3) is 0 Å². The highest BCUT2D eigenvalue weighted by molar-refractivity contribution is 5.78. The van der Waals surface area contributed by atoms with E-state index in [1.807, 2.05) is 4.90 Å². The molecule has 2 aliphatic rings. The maximum atomic E-state index is 11.5. The van der Waals surface area contributed by atoms with Crippen LogP contribution in [0.2, 0.25) is 0 Å². The molecule has 2 rings (SSSR count). The summed E-state index contributed by atoms with van der Waals surface area (Å²) >= 11 is 0. The van der Waals surface area contributed by atoms with Crippen molar-refractivity contribution in [2.24, 2.45) is 5.92 Å². The Morgan fingerprint density at radius 1 is 1.47 bits per heavy atom. The second kappa shape index (κ2) is 4.63. The molecule has 4 heteroatoms. The van der Waals surface area contributed by atoms with Crippen LogP contribution in [-0.2, 0) is 4.79 Å². The molecule has 0 bridgehead atoms. The Kier molecular flexibility index (Phi) is 3.22. The third kappa shape index (κ3) is 2.93. The van der Waals surface area contributed by atoms with Gasteiger partial charge >= 0.3 is 0 Å². The molecule has 1 atom stereocenters. The molecule has 0 aromatic heterocycles. The van der Waals surface area contributed by atoms with Gasteiger partial charge in [-0.15, -0.1) is 0 Å². The molecule has 1 unspecified atom stereocenters. The first-order valence-electron chi connectivity index (χ1n) is 5.70. The van der Waals surface area contributed by atoms with Crippen LogP contribution in [0.25, 0.3) is 0 Å². The second-order valence-corrected chi connectivity index (χ2v) is 4.51. The molecule has 1 heterocycles. The van der Waals surface area contributed by atoms with Gasteiger partial charge in [0, 0.05) is 13.1 Å². The molecule has 1 aliphatic carbocycles. The quantitative estimate of drug-likeness (QED) is 0.730. The van der Waals surface area contributed by atoms with Crippen molar-refractivity contribution in [1.29, 1.82) is 5.26 Å². The molecule has 0 aromatic carbocycles. The molecule has 1 saturated carbocycles. The van der Waals surface area contributed by atoms with Crippen LogP contribution in [0.15, 0.2) is 0 Å². The summed E-state index contributed by atoms with van der Waals surface area (Å²) in [6.45, 7) is 2.10. The predicted octanol–water partition coefficient (Wildman–Crippen LogP) is 0.501. The van der Waals surface area contributed by atoms with Crippen LogP contribution in [0.4, 0.5) is 0 Å². The number of carbonyl (C=O) groups excluding carboxylic acids is 1. The Morgan fingerprint density at radius 3 is 2.93 bits per heavy atom. The monoisotopic (exact) mass is 207 g/mol. The van der Waals surface area contributed by atoms with E-state index in [0.717, 1.165) is 31.8 Å². The summed E-state index contributed by atoms with van der Waals surface area (Å²) in [6, 6.07) is 2.20. The highest BCUT2D eigenvalue weighted by Crippen LogP contribution is 2.27. The van der Waals surface area contributed by atoms with Gasteiger partial charge in [-0.2, -0.15) is 5.26 Å². The zero-order valence-electron chi connectivity index (χ0n) is 8.91. The maximum Gasteiger partial charge on any atom is 0.234 e. The van der Waals surface area contributed by atoms with E-state index in [0.29, 0.717) is 6.54 Å². The molecular formula is C11H17N3O. The number of likely N-dealkylation sites (tertiary alicyclic amines) is 1. The van der Waals surface area contributed by atoms with Crippen molar-refractivity contribution in [2.45, 2.75) is 31.7 Å². The van der Waals surface area contributed by atoms with Gasteiger partial charge in [0.15, 0.2) is 0 Å². The Labute approximate surface area is 90.2 Å². The van der Waals surface area contributed by atoms with Gasteiger partial charge in [0.05, 0.1) is 18.7 Å². The van der Waals surface area contributed by atoms with Crippen LogP contribution in [-0.4, -0.2) is 36.5 Å². The Morgan fingerprint density at radius 2 is 2.27 bits per heavy atom. The summed E-state index contributed by atoms with van der Waals surface area (Å²) < 4.78 is 0. The number of rotatable bonds is 4. The van der Waals surface area contributed by atoms with Crippen molar-refractivity contribution in [3.8, 4) is 6.07 Å². The van der Waals surface area contributed by atoms with Gasteiger partial charge in [-0.05, 0) is 31.6 Å². The molecule has 2 fully saturated rings. The predicted molar refractivity (Wildman–Crippen MR) is 55.9 cm³/mol. The van der Waals surface area contributed by atoms with Crippen molar-refractivity contribution in [3.05, 3.63) is 0 Å². The van der Waals surface area contributed by atoms with Crippen molar-refractivity contribution in [2.75, 3.05) is 19.6 Å². The van der Waals surface area contributed by atoms with Crippen LogP contribution in [0.1, 0.15) is 25.7 Å². The normalized spacial score (nSPS) is 26.2. The van der Waals surface area contributed by atoms with Crippen LogP contribution in [0, 0.1) is 17.2 Å². The highest BCUT2D eigenvalue weighted by Gasteiger charge is 2.26. The van der Waals surface area contributed by atoms with Crippen molar-refractivity contribution < 1.29 is 4.79 Å². The molecular weight excluding hydrogens is 190 g/mol. The first kappa shape index (κ1) is 10.4. The molecule has 0 spiro atoms. The maximum absolute atomic E-state index is 11.5. The first-order valence-corrected chi connectivity index (χ1v) is 5.70. The third-order valence-corrected chi connectivity index (χ3v) is 3.14. The van der Waals surface area contributed by atoms with E-state index in [9.17, 15) is 4.79 Å². The largest absolute Gasteiger partial charge is 0.355 e. The zero-order chi connectivity index (χ0) is 10.7. The molecule has 1 N–H and O–H groups in total. The molecule has 0 aromatic rings. The van der Waals surface area contributed by atoms with E-state index in [2.05, 4.69) is 11.4 Å². The third-order valence-electron chi connectivity index (χ3n) is 3.14. The number of carbonyl (C=O) groups is 1. The van der Waals surface area contributed by atoms with Crippen LogP contribution >= 0.6 is 0 Å². The molecule has 1 amide bonds. The van der Waals surface area contributed by atoms with Gasteiger partial charge in [-0.3, -0.25) is 9.69 Å². The first-order chi connectivity index (χ1) is 7.29. The minimum absolute atomic E-state index is 0.0447. The Hall–Kier alpha value is -1.08. The topological polar surface area (TPSA) is 56.1 Å². The van der Waals surface area contributed by atoms with Crippen LogP contribution in [0.3, 0.4) is 0 Å². The number of nitrogens with zero attached hydrogens (tertiary/aromatic N) is 2. The fourth-order valence-corrected chi connectivity index (χ4v) is 1.98. The number of nitriles is 1. The summed E-state index contributed by atoms with van der Waals surface area (Å²) in [5, 5.41) is 11.8. The molecule has 15 heavy (non-hydrogen) atoms. The average Bonchev–Trinajstić information content (AvgIpc) is 2.96. The average molecular weight is 207 g/mol. The van der Waals surface area contributed by atoms with Gasteiger partial charge in [-0.25, -0.2) is 0 Å². The van der Waals surface area contributed by atoms with E-state index < -0.39 is 0 Å². The summed E-state index contributed by atoms with van der Waals surface area (Å²) in [5.74, 6) is 0.795. The second-order valence-electron chi connectivity index (χ2n) is 4.51. The van der Waals surface area contributed by atoms with E-state index in [-0.39, 0.29) is 11.9 Å². The lowest BCUT2D eigenvalue weighted by molar-refractivity contribution is -0.122. The Balaban J connectivity index is 1.70. The van der Waals surface area contributed by atoms with Gasteiger partial charge in [-0.1, -0.05) is 0 Å². The summed E-state index contributed by atoms with van der Waals surface area (Å²) in [4.78, 5) is 13.5. The van der Waals surface area contributed by atoms with Gasteiger partial charge in [0.1, 0.15) is 0 Å². The van der Waals surface area contributed by atoms with E-state index in [1.165, 1.54) is 12.8 Å². The van der Waals surface area contributed by atoms with Crippen molar-refractivity contribution >= 4 is 5.91 Å². The van der Waals surface area contributed by atoms with Crippen LogP contribution < -0.4 is 5.32 Å². The lowest BCUT2D eigenvalue weighted by atomic mass is 10.2. The van der Waals surface area contributed by atoms with E-state index in [4.69, 9.17) is 5.26 Å². The fourth-order valence-electron chi connectivity index (χ4n) is 1.98. The minimum Gasteiger partial charge on any atom is -0.355 e. The number of nitrogens with one attached hydrogen (secondary N) is 1. The van der Waals surface area contributed by atoms with E-state index >= 15 is 0 Å². The van der Waals surface area contributed by atoms with Crippen LogP contribution in [0.5, 0.6) is 0 Å². The number of amides is 1. The number of hydrogen-bond donors (Lipinski definition) is 1. The standard InChI is InChI=1S/C11H17N3O/c12-6-10-2-1-5-14(10)8-11(15)13-7-9-3-4-9/h9-10H,1-5,7-8H2,(H,13,15). The molecule has 1 saturated heterocycles. The summed E-state index contributed by atoms with van der Waals surface area (Å²) in [7, 11) is 0. The molecule has 0 radical (unpaired) electrons. The lowest BCUT2D eigenvalue weighted by Crippen LogP contribution is -2.39. The molecule has 1 aliphatic heterocycles. The van der Waals surface area contributed by atoms with E-state index in [1.54, 1.807) is 0 Å². The van der Waals surface area contributed by atoms with Crippen molar-refractivity contribution in [3.63, 3.8) is 0 Å². The highest BCUT2D eigenvalue weighted by atomic mass is 16.2. The molecule has 4 nitrogen and oxygen atoms in total.